The van der Waals surface area contributed by atoms with Gasteiger partial charge in [0.2, 0.25) is 5.91 Å². The summed E-state index contributed by atoms with van der Waals surface area (Å²) in [6, 6.07) is 19.7. The summed E-state index contributed by atoms with van der Waals surface area (Å²) in [5, 5.41) is 2.80. The molecule has 28 heavy (non-hydrogen) atoms. The zero-order chi connectivity index (χ0) is 19.7. The zero-order valence-corrected chi connectivity index (χ0v) is 16.0. The maximum absolute atomic E-state index is 13.0. The molecular formula is C23H17NO3S. The molecule has 4 nitrogen and oxygen atoms in total. The van der Waals surface area contributed by atoms with Crippen LogP contribution < -0.4 is 5.32 Å². The Morgan fingerprint density at radius 1 is 0.821 bits per heavy atom. The van der Waals surface area contributed by atoms with Crippen molar-refractivity contribution >= 4 is 34.9 Å². The van der Waals surface area contributed by atoms with Crippen LogP contribution in [0.1, 0.15) is 37.4 Å². The van der Waals surface area contributed by atoms with E-state index in [4.69, 9.17) is 0 Å². The lowest BCUT2D eigenvalue weighted by Gasteiger charge is -2.20. The molecule has 1 aliphatic rings. The van der Waals surface area contributed by atoms with Crippen molar-refractivity contribution in [3.05, 3.63) is 94.5 Å². The molecule has 0 bridgehead atoms. The molecular weight excluding hydrogens is 370 g/mol. The predicted molar refractivity (Wildman–Crippen MR) is 110 cm³/mol. The number of thioether (sulfide) groups is 1. The molecule has 0 aromatic heterocycles. The van der Waals surface area contributed by atoms with Crippen molar-refractivity contribution in [2.45, 2.75) is 11.8 Å². The van der Waals surface area contributed by atoms with Crippen molar-refractivity contribution in [1.29, 1.82) is 0 Å². The van der Waals surface area contributed by atoms with Crippen molar-refractivity contribution in [2.24, 2.45) is 0 Å². The number of nitrogens with one attached hydrogen (secondary N) is 1. The fourth-order valence-electron chi connectivity index (χ4n) is 3.22. The van der Waals surface area contributed by atoms with E-state index < -0.39 is 0 Å². The maximum atomic E-state index is 13.0. The normalized spacial score (nSPS) is 12.3. The Hall–Kier alpha value is -3.18. The minimum absolute atomic E-state index is 0.199. The third-order valence-electron chi connectivity index (χ3n) is 4.62. The zero-order valence-electron chi connectivity index (χ0n) is 15.2. The first-order valence-corrected chi connectivity index (χ1v) is 9.84. The summed E-state index contributed by atoms with van der Waals surface area (Å²) in [4.78, 5) is 39.2. The van der Waals surface area contributed by atoms with Crippen molar-refractivity contribution in [1.82, 2.24) is 0 Å². The van der Waals surface area contributed by atoms with E-state index in [1.54, 1.807) is 42.5 Å². The van der Waals surface area contributed by atoms with Gasteiger partial charge in [0.05, 0.1) is 17.0 Å². The molecule has 1 aliphatic carbocycles. The molecule has 0 aliphatic heterocycles. The summed E-state index contributed by atoms with van der Waals surface area (Å²) in [7, 11) is 0. The van der Waals surface area contributed by atoms with E-state index in [1.807, 2.05) is 31.2 Å². The molecule has 0 saturated heterocycles. The molecule has 0 fully saturated rings. The topological polar surface area (TPSA) is 63.2 Å². The Labute approximate surface area is 167 Å². The Morgan fingerprint density at radius 3 is 2.18 bits per heavy atom. The minimum Gasteiger partial charge on any atom is -0.325 e. The molecule has 138 valence electrons. The molecule has 1 N–H and O–H groups in total. The van der Waals surface area contributed by atoms with Gasteiger partial charge < -0.3 is 5.32 Å². The Kier molecular flexibility index (Phi) is 4.84. The van der Waals surface area contributed by atoms with Gasteiger partial charge in [-0.1, -0.05) is 54.1 Å². The van der Waals surface area contributed by atoms with Gasteiger partial charge in [-0.2, -0.15) is 0 Å². The predicted octanol–water partition coefficient (Wildman–Crippen LogP) is 4.50. The highest BCUT2D eigenvalue weighted by atomic mass is 32.2. The van der Waals surface area contributed by atoms with Crippen LogP contribution in [-0.4, -0.2) is 23.2 Å². The lowest BCUT2D eigenvalue weighted by Crippen LogP contribution is -2.24. The van der Waals surface area contributed by atoms with Crippen LogP contribution in [0.5, 0.6) is 0 Å². The number of benzene rings is 3. The number of carbonyl (C=O) groups is 3. The quantitative estimate of drug-likeness (QED) is 0.524. The summed E-state index contributed by atoms with van der Waals surface area (Å²) in [6.45, 7) is 2.01. The van der Waals surface area contributed by atoms with Gasteiger partial charge in [-0.25, -0.2) is 0 Å². The molecule has 3 aromatic rings. The largest absolute Gasteiger partial charge is 0.325 e. The molecule has 0 spiro atoms. The van der Waals surface area contributed by atoms with Crippen LogP contribution in [0.2, 0.25) is 0 Å². The van der Waals surface area contributed by atoms with E-state index in [9.17, 15) is 14.4 Å². The van der Waals surface area contributed by atoms with Crippen LogP contribution in [0.4, 0.5) is 5.69 Å². The Morgan fingerprint density at radius 2 is 1.46 bits per heavy atom. The van der Waals surface area contributed by atoms with E-state index >= 15 is 0 Å². The van der Waals surface area contributed by atoms with E-state index in [1.165, 1.54) is 11.8 Å². The van der Waals surface area contributed by atoms with Gasteiger partial charge in [-0.05, 0) is 25.1 Å². The number of hydrogen-bond acceptors (Lipinski definition) is 4. The van der Waals surface area contributed by atoms with E-state index in [0.29, 0.717) is 22.4 Å². The van der Waals surface area contributed by atoms with Crippen LogP contribution >= 0.6 is 11.8 Å². The second kappa shape index (κ2) is 7.44. The highest BCUT2D eigenvalue weighted by molar-refractivity contribution is 8.00. The van der Waals surface area contributed by atoms with Gasteiger partial charge in [-0.3, -0.25) is 14.4 Å². The molecule has 5 heteroatoms. The van der Waals surface area contributed by atoms with Crippen molar-refractivity contribution in [3.8, 4) is 0 Å². The first kappa shape index (κ1) is 18.2. The second-order valence-corrected chi connectivity index (χ2v) is 7.63. The van der Waals surface area contributed by atoms with Crippen LogP contribution in [-0.2, 0) is 4.79 Å². The van der Waals surface area contributed by atoms with Gasteiger partial charge in [-0.15, -0.1) is 11.8 Å². The van der Waals surface area contributed by atoms with Crippen LogP contribution in [0.15, 0.2) is 71.6 Å². The molecule has 0 radical (unpaired) electrons. The lowest BCUT2D eigenvalue weighted by molar-refractivity contribution is -0.113. The van der Waals surface area contributed by atoms with Crippen molar-refractivity contribution in [3.63, 3.8) is 0 Å². The molecule has 0 atom stereocenters. The SMILES string of the molecule is Cc1ccc(SCC(=O)Nc2cccc3c2C(=O)c2ccccc2C3=O)cc1. The van der Waals surface area contributed by atoms with Gasteiger partial charge in [0.15, 0.2) is 11.6 Å². The van der Waals surface area contributed by atoms with Gasteiger partial charge >= 0.3 is 0 Å². The number of rotatable bonds is 4. The summed E-state index contributed by atoms with van der Waals surface area (Å²) in [5.41, 5.74) is 2.90. The van der Waals surface area contributed by atoms with Crippen molar-refractivity contribution in [2.75, 3.05) is 11.1 Å². The third kappa shape index (κ3) is 3.37. The van der Waals surface area contributed by atoms with E-state index in [0.717, 1.165) is 10.5 Å². The highest BCUT2D eigenvalue weighted by Crippen LogP contribution is 2.32. The van der Waals surface area contributed by atoms with E-state index in [2.05, 4.69) is 5.32 Å². The number of amides is 1. The van der Waals surface area contributed by atoms with Gasteiger partial charge in [0.25, 0.3) is 0 Å². The number of aryl methyl sites for hydroxylation is 1. The third-order valence-corrected chi connectivity index (χ3v) is 5.63. The summed E-state index contributed by atoms with van der Waals surface area (Å²) in [6.07, 6.45) is 0. The fourth-order valence-corrected chi connectivity index (χ4v) is 3.92. The van der Waals surface area contributed by atoms with Crippen LogP contribution in [0.3, 0.4) is 0 Å². The molecule has 0 unspecified atom stereocenters. The minimum atomic E-state index is -0.243. The summed E-state index contributed by atoms with van der Waals surface area (Å²) in [5.74, 6) is -0.452. The monoisotopic (exact) mass is 387 g/mol. The second-order valence-electron chi connectivity index (χ2n) is 6.58. The molecule has 0 heterocycles. The number of fused-ring (bicyclic) bond motifs is 2. The van der Waals surface area contributed by atoms with Gasteiger partial charge in [0, 0.05) is 21.6 Å². The standard InChI is InChI=1S/C23H17NO3S/c1-14-9-11-15(12-10-14)28-13-20(25)24-19-8-4-7-18-21(19)23(27)17-6-3-2-5-16(17)22(18)26/h2-12H,13H2,1H3,(H,24,25). The first-order chi connectivity index (χ1) is 13.5. The molecule has 4 rings (SSSR count). The Bertz CT molecular complexity index is 1100. The van der Waals surface area contributed by atoms with E-state index in [-0.39, 0.29) is 28.8 Å². The average Bonchev–Trinajstić information content (AvgIpc) is 2.71. The maximum Gasteiger partial charge on any atom is 0.234 e. The molecule has 0 saturated carbocycles. The molecule has 3 aromatic carbocycles. The average molecular weight is 387 g/mol. The Balaban J connectivity index is 1.56. The molecule has 1 amide bonds. The summed E-state index contributed by atoms with van der Waals surface area (Å²) < 4.78 is 0. The fraction of sp³-hybridized carbons (Fsp3) is 0.0870. The highest BCUT2D eigenvalue weighted by Gasteiger charge is 2.31. The lowest BCUT2D eigenvalue weighted by atomic mass is 9.83. The first-order valence-electron chi connectivity index (χ1n) is 8.85. The number of anilines is 1. The van der Waals surface area contributed by atoms with Crippen LogP contribution in [0, 0.1) is 6.92 Å². The number of hydrogen-bond donors (Lipinski definition) is 1. The van der Waals surface area contributed by atoms with Gasteiger partial charge in [0.1, 0.15) is 0 Å². The number of ketones is 2. The number of carbonyl (C=O) groups excluding carboxylic acids is 3. The smallest absolute Gasteiger partial charge is 0.234 e. The van der Waals surface area contributed by atoms with Crippen molar-refractivity contribution < 1.29 is 14.4 Å². The van der Waals surface area contributed by atoms with Crippen LogP contribution in [0.25, 0.3) is 0 Å². The summed E-state index contributed by atoms with van der Waals surface area (Å²) >= 11 is 1.42.